The van der Waals surface area contributed by atoms with Crippen LogP contribution in [0.3, 0.4) is 0 Å². The van der Waals surface area contributed by atoms with Crippen LogP contribution in [-0.2, 0) is 13.1 Å². The molecule has 2 aromatic heterocycles. The van der Waals surface area contributed by atoms with E-state index >= 15 is 0 Å². The lowest BCUT2D eigenvalue weighted by molar-refractivity contribution is 0.0943. The van der Waals surface area contributed by atoms with Gasteiger partial charge in [-0.3, -0.25) is 14.2 Å². The standard InChI is InChI=1S/C26H31N5O3/c1-16(2)12-13-29-24(33)21-11-10-19(23(32)27-17(3)4)14-22(21)31-25(29)28-30(26(31)34)15-20-9-7-6-8-18(20)5/h6-11,14,16-17H,12-13,15H2,1-5H3,(H,27,32). The molecule has 0 saturated heterocycles. The largest absolute Gasteiger partial charge is 0.352 e. The Hall–Kier alpha value is -3.68. The second-order valence-electron chi connectivity index (χ2n) is 9.50. The Morgan fingerprint density at radius 2 is 1.79 bits per heavy atom. The number of benzene rings is 2. The number of carbonyl (C=O) groups excluding carboxylic acids is 1. The van der Waals surface area contributed by atoms with E-state index in [1.807, 2.05) is 45.0 Å². The van der Waals surface area contributed by atoms with Crippen molar-refractivity contribution in [3.05, 3.63) is 80.0 Å². The highest BCUT2D eigenvalue weighted by molar-refractivity contribution is 5.98. The van der Waals surface area contributed by atoms with Gasteiger partial charge in [-0.15, -0.1) is 5.10 Å². The molecule has 0 saturated carbocycles. The highest BCUT2D eigenvalue weighted by Gasteiger charge is 2.19. The van der Waals surface area contributed by atoms with E-state index in [0.29, 0.717) is 35.5 Å². The van der Waals surface area contributed by atoms with Gasteiger partial charge in [-0.05, 0) is 62.4 Å². The minimum atomic E-state index is -0.344. The zero-order chi connectivity index (χ0) is 24.6. The number of nitrogens with zero attached hydrogens (tertiary/aromatic N) is 4. The van der Waals surface area contributed by atoms with Crippen molar-refractivity contribution in [3.63, 3.8) is 0 Å². The minimum Gasteiger partial charge on any atom is -0.350 e. The second-order valence-corrected chi connectivity index (χ2v) is 9.50. The van der Waals surface area contributed by atoms with Gasteiger partial charge in [0.2, 0.25) is 5.78 Å². The average Bonchev–Trinajstić information content (AvgIpc) is 3.10. The van der Waals surface area contributed by atoms with Crippen LogP contribution in [-0.4, -0.2) is 30.7 Å². The van der Waals surface area contributed by atoms with Crippen LogP contribution in [0.25, 0.3) is 16.7 Å². The Morgan fingerprint density at radius 3 is 2.47 bits per heavy atom. The zero-order valence-electron chi connectivity index (χ0n) is 20.3. The van der Waals surface area contributed by atoms with E-state index in [1.54, 1.807) is 22.8 Å². The number of nitrogens with one attached hydrogen (secondary N) is 1. The second kappa shape index (κ2) is 9.29. The van der Waals surface area contributed by atoms with E-state index in [2.05, 4.69) is 24.3 Å². The predicted molar refractivity (Wildman–Crippen MR) is 134 cm³/mol. The van der Waals surface area contributed by atoms with Crippen LogP contribution < -0.4 is 16.6 Å². The Bertz CT molecular complexity index is 1490. The fraction of sp³-hybridized carbons (Fsp3) is 0.385. The molecule has 8 nitrogen and oxygen atoms in total. The molecule has 8 heteroatoms. The first-order valence-electron chi connectivity index (χ1n) is 11.7. The Labute approximate surface area is 197 Å². The van der Waals surface area contributed by atoms with Gasteiger partial charge < -0.3 is 5.32 Å². The van der Waals surface area contributed by atoms with Gasteiger partial charge in [0.15, 0.2) is 0 Å². The summed E-state index contributed by atoms with van der Waals surface area (Å²) in [6.07, 6.45) is 0.773. The molecule has 2 aromatic carbocycles. The molecule has 0 unspecified atom stereocenters. The topological polar surface area (TPSA) is 90.4 Å². The summed E-state index contributed by atoms with van der Waals surface area (Å²) in [7, 11) is 0. The van der Waals surface area contributed by atoms with E-state index in [9.17, 15) is 14.4 Å². The van der Waals surface area contributed by atoms with E-state index in [-0.39, 0.29) is 29.0 Å². The summed E-state index contributed by atoms with van der Waals surface area (Å²) in [5, 5.41) is 7.83. The Morgan fingerprint density at radius 1 is 1.06 bits per heavy atom. The first kappa shape index (κ1) is 23.5. The smallest absolute Gasteiger partial charge is 0.350 e. The SMILES string of the molecule is Cc1ccccc1Cn1nc2n(CCC(C)C)c(=O)c3ccc(C(=O)NC(C)C)cc3n2c1=O. The average molecular weight is 462 g/mol. The van der Waals surface area contributed by atoms with E-state index in [4.69, 9.17) is 0 Å². The van der Waals surface area contributed by atoms with Gasteiger partial charge in [-0.1, -0.05) is 38.1 Å². The highest BCUT2D eigenvalue weighted by Crippen LogP contribution is 2.16. The van der Waals surface area contributed by atoms with Gasteiger partial charge >= 0.3 is 5.69 Å². The van der Waals surface area contributed by atoms with E-state index < -0.39 is 0 Å². The van der Waals surface area contributed by atoms with Gasteiger partial charge in [-0.2, -0.15) is 0 Å². The number of rotatable bonds is 7. The third kappa shape index (κ3) is 4.40. The molecule has 0 atom stereocenters. The maximum atomic E-state index is 13.6. The van der Waals surface area contributed by atoms with Crippen LogP contribution in [0.5, 0.6) is 0 Å². The number of hydrogen-bond donors (Lipinski definition) is 1. The molecular formula is C26H31N5O3. The molecule has 1 N–H and O–H groups in total. The number of carbonyl (C=O) groups is 1. The molecule has 2 heterocycles. The molecule has 4 rings (SSSR count). The first-order chi connectivity index (χ1) is 16.2. The monoisotopic (exact) mass is 461 g/mol. The van der Waals surface area contributed by atoms with Crippen molar-refractivity contribution < 1.29 is 4.79 Å². The fourth-order valence-electron chi connectivity index (χ4n) is 4.04. The number of hydrogen-bond acceptors (Lipinski definition) is 4. The summed E-state index contributed by atoms with van der Waals surface area (Å²) in [5.74, 6) is 0.415. The third-order valence-corrected chi connectivity index (χ3v) is 5.97. The first-order valence-corrected chi connectivity index (χ1v) is 11.7. The number of aryl methyl sites for hydroxylation is 2. The Kier molecular flexibility index (Phi) is 6.41. The lowest BCUT2D eigenvalue weighted by Crippen LogP contribution is -2.30. The number of aromatic nitrogens is 4. The molecular weight excluding hydrogens is 430 g/mol. The molecule has 0 aliphatic heterocycles. The summed E-state index contributed by atoms with van der Waals surface area (Å²) < 4.78 is 4.43. The fourth-order valence-corrected chi connectivity index (χ4v) is 4.04. The molecule has 0 aliphatic rings. The zero-order valence-corrected chi connectivity index (χ0v) is 20.3. The van der Waals surface area contributed by atoms with Crippen molar-refractivity contribution in [2.24, 2.45) is 5.92 Å². The molecule has 0 spiro atoms. The van der Waals surface area contributed by atoms with Crippen molar-refractivity contribution >= 4 is 22.6 Å². The van der Waals surface area contributed by atoms with Crippen molar-refractivity contribution in [2.75, 3.05) is 0 Å². The van der Waals surface area contributed by atoms with Crippen molar-refractivity contribution in [1.82, 2.24) is 24.1 Å². The highest BCUT2D eigenvalue weighted by atomic mass is 16.2. The van der Waals surface area contributed by atoms with Gasteiger partial charge in [-0.25, -0.2) is 13.9 Å². The quantitative estimate of drug-likeness (QED) is 0.457. The van der Waals surface area contributed by atoms with Crippen molar-refractivity contribution in [2.45, 2.75) is 60.2 Å². The predicted octanol–water partition coefficient (Wildman–Crippen LogP) is 3.35. The van der Waals surface area contributed by atoms with Crippen molar-refractivity contribution in [3.8, 4) is 0 Å². The van der Waals surface area contributed by atoms with E-state index in [0.717, 1.165) is 17.5 Å². The Balaban J connectivity index is 1.97. The molecule has 1 amide bonds. The molecule has 178 valence electrons. The lowest BCUT2D eigenvalue weighted by atomic mass is 10.1. The maximum absolute atomic E-state index is 13.6. The number of fused-ring (bicyclic) bond motifs is 3. The molecule has 4 aromatic rings. The molecule has 34 heavy (non-hydrogen) atoms. The molecule has 0 aliphatic carbocycles. The molecule has 0 radical (unpaired) electrons. The maximum Gasteiger partial charge on any atom is 0.352 e. The minimum absolute atomic E-state index is 0.0353. The van der Waals surface area contributed by atoms with Crippen molar-refractivity contribution in [1.29, 1.82) is 0 Å². The van der Waals surface area contributed by atoms with Gasteiger partial charge in [0.25, 0.3) is 11.5 Å². The van der Waals surface area contributed by atoms with Crippen LogP contribution in [0.2, 0.25) is 0 Å². The molecule has 0 fully saturated rings. The van der Waals surface area contributed by atoms with E-state index in [1.165, 1.54) is 9.08 Å². The summed E-state index contributed by atoms with van der Waals surface area (Å²) in [5.41, 5.74) is 2.25. The van der Waals surface area contributed by atoms with Crippen LogP contribution in [0.1, 0.15) is 55.6 Å². The summed E-state index contributed by atoms with van der Waals surface area (Å²) in [4.78, 5) is 39.6. The third-order valence-electron chi connectivity index (χ3n) is 5.97. The normalized spacial score (nSPS) is 11.7. The van der Waals surface area contributed by atoms with Gasteiger partial charge in [0.1, 0.15) is 0 Å². The summed E-state index contributed by atoms with van der Waals surface area (Å²) in [6.45, 7) is 10.7. The lowest BCUT2D eigenvalue weighted by Gasteiger charge is -2.12. The summed E-state index contributed by atoms with van der Waals surface area (Å²) in [6, 6.07) is 12.7. The summed E-state index contributed by atoms with van der Waals surface area (Å²) >= 11 is 0. The van der Waals surface area contributed by atoms with Gasteiger partial charge in [0.05, 0.1) is 17.4 Å². The van der Waals surface area contributed by atoms with Crippen LogP contribution in [0.15, 0.2) is 52.1 Å². The van der Waals surface area contributed by atoms with Gasteiger partial charge in [0, 0.05) is 18.2 Å². The van der Waals surface area contributed by atoms with Crippen LogP contribution in [0, 0.1) is 12.8 Å². The molecule has 0 bridgehead atoms. The van der Waals surface area contributed by atoms with Crippen LogP contribution in [0.4, 0.5) is 0 Å². The van der Waals surface area contributed by atoms with Crippen LogP contribution >= 0.6 is 0 Å². The number of amides is 1.